The van der Waals surface area contributed by atoms with Gasteiger partial charge in [0.15, 0.2) is 11.5 Å². The van der Waals surface area contributed by atoms with Gasteiger partial charge in [-0.25, -0.2) is 0 Å². The van der Waals surface area contributed by atoms with Gasteiger partial charge in [0.2, 0.25) is 0 Å². The molecule has 21 heavy (non-hydrogen) atoms. The van der Waals surface area contributed by atoms with Crippen molar-refractivity contribution in [2.24, 2.45) is 0 Å². The summed E-state index contributed by atoms with van der Waals surface area (Å²) in [6.07, 6.45) is 0. The highest BCUT2D eigenvalue weighted by Gasteiger charge is 2.19. The number of aryl methyl sites for hydroxylation is 1. The number of rotatable bonds is 3. The predicted octanol–water partition coefficient (Wildman–Crippen LogP) is 3.84. The molecule has 0 fully saturated rings. The van der Waals surface area contributed by atoms with Gasteiger partial charge >= 0.3 is 0 Å². The normalized spacial score (nSPS) is 14.8. The summed E-state index contributed by atoms with van der Waals surface area (Å²) in [7, 11) is 1.97. The third-order valence-corrected chi connectivity index (χ3v) is 4.80. The highest BCUT2D eigenvalue weighted by molar-refractivity contribution is 9.10. The van der Waals surface area contributed by atoms with E-state index in [1.807, 2.05) is 13.1 Å². The monoisotopic (exact) mass is 347 g/mol. The summed E-state index contributed by atoms with van der Waals surface area (Å²) in [5, 5.41) is 3.38. The zero-order valence-electron chi connectivity index (χ0n) is 12.2. The van der Waals surface area contributed by atoms with E-state index in [2.05, 4.69) is 58.5 Å². The van der Waals surface area contributed by atoms with E-state index in [0.717, 1.165) is 21.5 Å². The maximum Gasteiger partial charge on any atom is 0.161 e. The van der Waals surface area contributed by atoms with Gasteiger partial charge in [0.25, 0.3) is 0 Å². The number of fused-ring (bicyclic) bond motifs is 1. The summed E-state index contributed by atoms with van der Waals surface area (Å²) in [6.45, 7) is 3.32. The molecule has 2 aromatic carbocycles. The molecule has 1 unspecified atom stereocenters. The van der Waals surface area contributed by atoms with E-state index in [4.69, 9.17) is 9.47 Å². The van der Waals surface area contributed by atoms with Crippen molar-refractivity contribution in [2.45, 2.75) is 13.0 Å². The Hall–Kier alpha value is -1.52. The van der Waals surface area contributed by atoms with Gasteiger partial charge in [-0.05, 0) is 42.8 Å². The summed E-state index contributed by atoms with van der Waals surface area (Å²) >= 11 is 3.70. The van der Waals surface area contributed by atoms with Crippen LogP contribution in [0.4, 0.5) is 0 Å². The fraction of sp³-hybridized carbons (Fsp3) is 0.294. The molecule has 1 aliphatic rings. The van der Waals surface area contributed by atoms with Gasteiger partial charge in [-0.15, -0.1) is 0 Å². The molecule has 0 saturated heterocycles. The SMILES string of the molecule is CNC(c1ccc2c(c1)OCCO2)c1cccc(C)c1Br. The van der Waals surface area contributed by atoms with Crippen LogP contribution in [0.2, 0.25) is 0 Å². The van der Waals surface area contributed by atoms with Crippen molar-refractivity contribution in [3.05, 3.63) is 57.6 Å². The average Bonchev–Trinajstić information content (AvgIpc) is 2.52. The van der Waals surface area contributed by atoms with Crippen molar-refractivity contribution in [2.75, 3.05) is 20.3 Å². The second-order valence-corrected chi connectivity index (χ2v) is 5.90. The summed E-state index contributed by atoms with van der Waals surface area (Å²) in [5.74, 6) is 1.64. The van der Waals surface area contributed by atoms with Crippen LogP contribution in [0.15, 0.2) is 40.9 Å². The minimum atomic E-state index is 0.107. The zero-order valence-corrected chi connectivity index (χ0v) is 13.7. The number of hydrogen-bond acceptors (Lipinski definition) is 3. The van der Waals surface area contributed by atoms with Crippen molar-refractivity contribution in [3.63, 3.8) is 0 Å². The molecule has 0 aromatic heterocycles. The zero-order chi connectivity index (χ0) is 14.8. The molecule has 0 radical (unpaired) electrons. The van der Waals surface area contributed by atoms with E-state index in [1.165, 1.54) is 11.1 Å². The van der Waals surface area contributed by atoms with E-state index >= 15 is 0 Å². The van der Waals surface area contributed by atoms with Crippen LogP contribution in [0.5, 0.6) is 11.5 Å². The van der Waals surface area contributed by atoms with Gasteiger partial charge in [-0.1, -0.05) is 40.2 Å². The molecule has 1 atom stereocenters. The summed E-state index contributed by atoms with van der Waals surface area (Å²) in [5.41, 5.74) is 3.60. The van der Waals surface area contributed by atoms with E-state index in [0.29, 0.717) is 13.2 Å². The molecule has 0 spiro atoms. The Bertz CT molecular complexity index is 657. The Kier molecular flexibility index (Phi) is 4.17. The van der Waals surface area contributed by atoms with Gasteiger partial charge in [0.1, 0.15) is 13.2 Å². The Morgan fingerprint density at radius 1 is 1.10 bits per heavy atom. The first kappa shape index (κ1) is 14.4. The Morgan fingerprint density at radius 2 is 1.86 bits per heavy atom. The van der Waals surface area contributed by atoms with Gasteiger partial charge < -0.3 is 14.8 Å². The number of halogens is 1. The highest BCUT2D eigenvalue weighted by Crippen LogP contribution is 2.36. The lowest BCUT2D eigenvalue weighted by atomic mass is 9.97. The molecule has 1 heterocycles. The van der Waals surface area contributed by atoms with Crippen LogP contribution >= 0.6 is 15.9 Å². The number of benzene rings is 2. The first-order valence-electron chi connectivity index (χ1n) is 7.02. The molecular weight excluding hydrogens is 330 g/mol. The Morgan fingerprint density at radius 3 is 2.62 bits per heavy atom. The number of ether oxygens (including phenoxy) is 2. The predicted molar refractivity (Wildman–Crippen MR) is 87.2 cm³/mol. The molecular formula is C17H18BrNO2. The minimum absolute atomic E-state index is 0.107. The molecule has 4 heteroatoms. The lowest BCUT2D eigenvalue weighted by Crippen LogP contribution is -2.20. The topological polar surface area (TPSA) is 30.5 Å². The van der Waals surface area contributed by atoms with Crippen molar-refractivity contribution in [3.8, 4) is 11.5 Å². The highest BCUT2D eigenvalue weighted by atomic mass is 79.9. The quantitative estimate of drug-likeness (QED) is 0.914. The third kappa shape index (κ3) is 2.78. The second-order valence-electron chi connectivity index (χ2n) is 5.10. The standard InChI is InChI=1S/C17H18BrNO2/c1-11-4-3-5-13(16(11)18)17(19-2)12-6-7-14-15(10-12)21-9-8-20-14/h3-7,10,17,19H,8-9H2,1-2H3. The van der Waals surface area contributed by atoms with E-state index in [9.17, 15) is 0 Å². The van der Waals surface area contributed by atoms with E-state index < -0.39 is 0 Å². The summed E-state index contributed by atoms with van der Waals surface area (Å²) < 4.78 is 12.4. The smallest absolute Gasteiger partial charge is 0.161 e. The molecule has 3 rings (SSSR count). The van der Waals surface area contributed by atoms with Crippen molar-refractivity contribution >= 4 is 15.9 Å². The number of hydrogen-bond donors (Lipinski definition) is 1. The largest absolute Gasteiger partial charge is 0.486 e. The molecule has 1 aliphatic heterocycles. The molecule has 0 aliphatic carbocycles. The van der Waals surface area contributed by atoms with Crippen LogP contribution < -0.4 is 14.8 Å². The maximum absolute atomic E-state index is 5.68. The van der Waals surface area contributed by atoms with Gasteiger partial charge in [0, 0.05) is 4.47 Å². The maximum atomic E-state index is 5.68. The minimum Gasteiger partial charge on any atom is -0.486 e. The molecule has 0 bridgehead atoms. The Labute approximate surface area is 133 Å². The van der Waals surface area contributed by atoms with Crippen molar-refractivity contribution < 1.29 is 9.47 Å². The summed E-state index contributed by atoms with van der Waals surface area (Å²) in [6, 6.07) is 12.6. The van der Waals surface area contributed by atoms with Crippen LogP contribution in [0, 0.1) is 6.92 Å². The molecule has 0 saturated carbocycles. The summed E-state index contributed by atoms with van der Waals surface area (Å²) in [4.78, 5) is 0. The lowest BCUT2D eigenvalue weighted by molar-refractivity contribution is 0.171. The van der Waals surface area contributed by atoms with Crippen molar-refractivity contribution in [1.29, 1.82) is 0 Å². The van der Waals surface area contributed by atoms with E-state index in [1.54, 1.807) is 0 Å². The molecule has 110 valence electrons. The lowest BCUT2D eigenvalue weighted by Gasteiger charge is -2.23. The average molecular weight is 348 g/mol. The second kappa shape index (κ2) is 6.08. The number of nitrogens with one attached hydrogen (secondary N) is 1. The first-order chi connectivity index (χ1) is 10.2. The molecule has 1 N–H and O–H groups in total. The van der Waals surface area contributed by atoms with Crippen LogP contribution in [-0.4, -0.2) is 20.3 Å². The fourth-order valence-electron chi connectivity index (χ4n) is 2.63. The molecule has 2 aromatic rings. The van der Waals surface area contributed by atoms with E-state index in [-0.39, 0.29) is 6.04 Å². The Balaban J connectivity index is 2.02. The van der Waals surface area contributed by atoms with Crippen LogP contribution in [0.25, 0.3) is 0 Å². The molecule has 3 nitrogen and oxygen atoms in total. The van der Waals surface area contributed by atoms with Gasteiger partial charge in [-0.2, -0.15) is 0 Å². The van der Waals surface area contributed by atoms with Crippen LogP contribution in [0.1, 0.15) is 22.7 Å². The van der Waals surface area contributed by atoms with Crippen LogP contribution in [-0.2, 0) is 0 Å². The van der Waals surface area contributed by atoms with Gasteiger partial charge in [-0.3, -0.25) is 0 Å². The first-order valence-corrected chi connectivity index (χ1v) is 7.82. The van der Waals surface area contributed by atoms with Gasteiger partial charge in [0.05, 0.1) is 6.04 Å². The molecule has 0 amide bonds. The third-order valence-electron chi connectivity index (χ3n) is 3.72. The fourth-order valence-corrected chi connectivity index (χ4v) is 3.13. The van der Waals surface area contributed by atoms with Crippen molar-refractivity contribution in [1.82, 2.24) is 5.32 Å². The van der Waals surface area contributed by atoms with Crippen LogP contribution in [0.3, 0.4) is 0 Å².